The molecule has 0 atom stereocenters. The van der Waals surface area contributed by atoms with Crippen molar-refractivity contribution in [2.45, 2.75) is 20.1 Å². The summed E-state index contributed by atoms with van der Waals surface area (Å²) in [6.07, 6.45) is 0. The van der Waals surface area contributed by atoms with Crippen molar-refractivity contribution in [3.05, 3.63) is 57.8 Å². The van der Waals surface area contributed by atoms with Crippen LogP contribution < -0.4 is 20.1 Å². The molecule has 0 bridgehead atoms. The number of nitrogens with one attached hydrogen (secondary N) is 2. The van der Waals surface area contributed by atoms with E-state index in [9.17, 15) is 4.39 Å². The average molecular weight is 466 g/mol. The van der Waals surface area contributed by atoms with E-state index < -0.39 is 0 Å². The average Bonchev–Trinajstić information content (AvgIpc) is 2.73. The van der Waals surface area contributed by atoms with Crippen molar-refractivity contribution in [1.82, 2.24) is 15.5 Å². The summed E-state index contributed by atoms with van der Waals surface area (Å²) in [6.45, 7) is 10.0. The molecule has 2 aromatic rings. The number of benzene rings is 2. The minimum Gasteiger partial charge on any atom is -0.490 e. The predicted molar refractivity (Wildman–Crippen MR) is 117 cm³/mol. The molecule has 0 aliphatic carbocycles. The van der Waals surface area contributed by atoms with Crippen molar-refractivity contribution in [2.24, 2.45) is 0 Å². The summed E-state index contributed by atoms with van der Waals surface area (Å²) in [4.78, 5) is 2.47. The molecule has 0 aromatic heterocycles. The van der Waals surface area contributed by atoms with Crippen molar-refractivity contribution in [1.29, 1.82) is 0 Å². The monoisotopic (exact) mass is 465 g/mol. The van der Waals surface area contributed by atoms with Crippen molar-refractivity contribution in [3.8, 4) is 11.5 Å². The molecule has 1 saturated heterocycles. The van der Waals surface area contributed by atoms with Gasteiger partial charge in [0.05, 0.1) is 11.1 Å². The highest BCUT2D eigenvalue weighted by Crippen LogP contribution is 2.37. The van der Waals surface area contributed by atoms with Gasteiger partial charge in [0.25, 0.3) is 0 Å². The summed E-state index contributed by atoms with van der Waals surface area (Å²) in [5.41, 5.74) is 2.04. The van der Waals surface area contributed by atoms with Crippen LogP contribution in [-0.4, -0.2) is 50.8 Å². The summed E-state index contributed by atoms with van der Waals surface area (Å²) in [7, 11) is 0. The third-order valence-corrected chi connectivity index (χ3v) is 5.40. The molecule has 0 radical (unpaired) electrons. The molecule has 1 aliphatic rings. The first-order valence-electron chi connectivity index (χ1n) is 10.1. The highest BCUT2D eigenvalue weighted by molar-refractivity contribution is 9.10. The van der Waals surface area contributed by atoms with Gasteiger partial charge < -0.3 is 20.1 Å². The zero-order valence-corrected chi connectivity index (χ0v) is 18.4. The van der Waals surface area contributed by atoms with Gasteiger partial charge in [-0.2, -0.15) is 0 Å². The summed E-state index contributed by atoms with van der Waals surface area (Å²) in [5.74, 6) is 1.13. The van der Waals surface area contributed by atoms with E-state index in [1.165, 1.54) is 12.1 Å². The Kier molecular flexibility index (Phi) is 8.73. The molecule has 0 saturated carbocycles. The van der Waals surface area contributed by atoms with Gasteiger partial charge in [0.2, 0.25) is 0 Å². The fourth-order valence-corrected chi connectivity index (χ4v) is 3.87. The van der Waals surface area contributed by atoms with E-state index in [-0.39, 0.29) is 5.82 Å². The van der Waals surface area contributed by atoms with E-state index >= 15 is 0 Å². The second-order valence-corrected chi connectivity index (χ2v) is 7.88. The summed E-state index contributed by atoms with van der Waals surface area (Å²) in [6, 6.07) is 10.4. The van der Waals surface area contributed by atoms with Crippen LogP contribution in [0.4, 0.5) is 4.39 Å². The SMILES string of the molecule is CCOc1cc(CNCCN2CCNCC2)cc(Br)c1OCc1ccc(F)cc1. The van der Waals surface area contributed by atoms with Gasteiger partial charge in [-0.3, -0.25) is 4.90 Å². The van der Waals surface area contributed by atoms with E-state index in [1.54, 1.807) is 12.1 Å². The lowest BCUT2D eigenvalue weighted by molar-refractivity contribution is 0.241. The van der Waals surface area contributed by atoms with Gasteiger partial charge in [-0.05, 0) is 58.2 Å². The summed E-state index contributed by atoms with van der Waals surface area (Å²) in [5, 5.41) is 6.89. The molecule has 2 N–H and O–H groups in total. The van der Waals surface area contributed by atoms with Gasteiger partial charge in [0.15, 0.2) is 11.5 Å². The van der Waals surface area contributed by atoms with Gasteiger partial charge in [-0.25, -0.2) is 4.39 Å². The normalized spacial score (nSPS) is 14.7. The van der Waals surface area contributed by atoms with Crippen molar-refractivity contribution in [3.63, 3.8) is 0 Å². The van der Waals surface area contributed by atoms with Crippen LogP contribution in [0.25, 0.3) is 0 Å². The second-order valence-electron chi connectivity index (χ2n) is 7.02. The first-order valence-corrected chi connectivity index (χ1v) is 10.9. The first-order chi connectivity index (χ1) is 14.2. The summed E-state index contributed by atoms with van der Waals surface area (Å²) >= 11 is 3.62. The molecule has 29 heavy (non-hydrogen) atoms. The number of piperazine rings is 1. The lowest BCUT2D eigenvalue weighted by Crippen LogP contribution is -2.45. The smallest absolute Gasteiger partial charge is 0.175 e. The Morgan fingerprint density at radius 3 is 2.59 bits per heavy atom. The van der Waals surface area contributed by atoms with E-state index in [2.05, 4.69) is 37.5 Å². The van der Waals surface area contributed by atoms with Crippen LogP contribution in [0.15, 0.2) is 40.9 Å². The molecule has 158 valence electrons. The standard InChI is InChI=1S/C22H29BrFN3O2/c1-2-28-21-14-18(15-26-9-12-27-10-7-25-8-11-27)13-20(23)22(21)29-16-17-3-5-19(24)6-4-17/h3-6,13-14,25-26H,2,7-12,15-16H2,1H3. The Morgan fingerprint density at radius 1 is 1.10 bits per heavy atom. The fourth-order valence-electron chi connectivity index (χ4n) is 3.27. The molecule has 3 rings (SSSR count). The zero-order valence-electron chi connectivity index (χ0n) is 16.8. The minimum atomic E-state index is -0.251. The Balaban J connectivity index is 1.57. The quantitative estimate of drug-likeness (QED) is 0.525. The Labute approximate surface area is 180 Å². The first kappa shape index (κ1) is 22.0. The minimum absolute atomic E-state index is 0.251. The molecule has 0 spiro atoms. The molecule has 0 amide bonds. The second kappa shape index (κ2) is 11.5. The van der Waals surface area contributed by atoms with Crippen LogP contribution in [0.2, 0.25) is 0 Å². The fraction of sp³-hybridized carbons (Fsp3) is 0.455. The molecule has 0 unspecified atom stereocenters. The Bertz CT molecular complexity index is 767. The number of ether oxygens (including phenoxy) is 2. The number of nitrogens with zero attached hydrogens (tertiary/aromatic N) is 1. The van der Waals surface area contributed by atoms with E-state index in [0.717, 1.165) is 61.4 Å². The third-order valence-electron chi connectivity index (χ3n) is 4.81. The van der Waals surface area contributed by atoms with Crippen LogP contribution >= 0.6 is 15.9 Å². The maximum atomic E-state index is 13.1. The highest BCUT2D eigenvalue weighted by Gasteiger charge is 2.13. The summed E-state index contributed by atoms with van der Waals surface area (Å²) < 4.78 is 25.7. The van der Waals surface area contributed by atoms with E-state index in [0.29, 0.717) is 24.7 Å². The molecule has 7 heteroatoms. The van der Waals surface area contributed by atoms with Crippen LogP contribution in [-0.2, 0) is 13.2 Å². The Hall–Kier alpha value is -1.67. The van der Waals surface area contributed by atoms with Crippen molar-refractivity contribution in [2.75, 3.05) is 45.9 Å². The molecular formula is C22H29BrFN3O2. The van der Waals surface area contributed by atoms with Gasteiger partial charge in [-0.15, -0.1) is 0 Å². The van der Waals surface area contributed by atoms with Crippen LogP contribution in [0.1, 0.15) is 18.1 Å². The molecule has 1 heterocycles. The lowest BCUT2D eigenvalue weighted by Gasteiger charge is -2.27. The van der Waals surface area contributed by atoms with Crippen LogP contribution in [0, 0.1) is 5.82 Å². The molecular weight excluding hydrogens is 437 g/mol. The van der Waals surface area contributed by atoms with E-state index in [4.69, 9.17) is 9.47 Å². The maximum Gasteiger partial charge on any atom is 0.175 e. The molecule has 2 aromatic carbocycles. The zero-order chi connectivity index (χ0) is 20.5. The van der Waals surface area contributed by atoms with Crippen molar-refractivity contribution >= 4 is 15.9 Å². The van der Waals surface area contributed by atoms with E-state index in [1.807, 2.05) is 13.0 Å². The molecule has 1 aliphatic heterocycles. The molecule has 5 nitrogen and oxygen atoms in total. The molecule has 1 fully saturated rings. The number of rotatable bonds is 10. The maximum absolute atomic E-state index is 13.1. The van der Waals surface area contributed by atoms with Crippen LogP contribution in [0.5, 0.6) is 11.5 Å². The van der Waals surface area contributed by atoms with Gasteiger partial charge in [-0.1, -0.05) is 12.1 Å². The lowest BCUT2D eigenvalue weighted by atomic mass is 10.2. The highest BCUT2D eigenvalue weighted by atomic mass is 79.9. The van der Waals surface area contributed by atoms with Crippen LogP contribution in [0.3, 0.4) is 0 Å². The number of halogens is 2. The predicted octanol–water partition coefficient (Wildman–Crippen LogP) is 3.56. The van der Waals surface area contributed by atoms with Gasteiger partial charge in [0.1, 0.15) is 12.4 Å². The largest absolute Gasteiger partial charge is 0.490 e. The van der Waals surface area contributed by atoms with Gasteiger partial charge >= 0.3 is 0 Å². The Morgan fingerprint density at radius 2 is 1.86 bits per heavy atom. The third kappa shape index (κ3) is 6.96. The number of hydrogen-bond donors (Lipinski definition) is 2. The number of hydrogen-bond acceptors (Lipinski definition) is 5. The van der Waals surface area contributed by atoms with Gasteiger partial charge in [0, 0.05) is 45.8 Å². The van der Waals surface area contributed by atoms with Crippen molar-refractivity contribution < 1.29 is 13.9 Å². The topological polar surface area (TPSA) is 45.8 Å².